The van der Waals surface area contributed by atoms with Crippen molar-refractivity contribution < 1.29 is 14.7 Å². The molecule has 0 saturated carbocycles. The van der Waals surface area contributed by atoms with Crippen LogP contribution < -0.4 is 5.32 Å². The summed E-state index contributed by atoms with van der Waals surface area (Å²) in [6.45, 7) is 1.79. The average Bonchev–Trinajstić information content (AvgIpc) is 2.69. The highest BCUT2D eigenvalue weighted by molar-refractivity contribution is 9.10. The summed E-state index contributed by atoms with van der Waals surface area (Å²) in [7, 11) is 0. The van der Waals surface area contributed by atoms with Crippen molar-refractivity contribution in [2.45, 2.75) is 13.3 Å². The number of hydrogen-bond donors (Lipinski definition) is 2. The van der Waals surface area contributed by atoms with E-state index in [9.17, 15) is 9.59 Å². The van der Waals surface area contributed by atoms with Crippen molar-refractivity contribution in [3.05, 3.63) is 40.0 Å². The first-order valence-electron chi connectivity index (χ1n) is 6.30. The second-order valence-corrected chi connectivity index (χ2v) is 5.27. The number of hydrogen-bond acceptors (Lipinski definition) is 4. The van der Waals surface area contributed by atoms with E-state index in [1.807, 2.05) is 25.1 Å². The molecule has 2 rings (SSSR count). The summed E-state index contributed by atoms with van der Waals surface area (Å²) in [5, 5.41) is 11.9. The van der Waals surface area contributed by atoms with E-state index in [-0.39, 0.29) is 18.8 Å². The molecule has 1 aromatic rings. The van der Waals surface area contributed by atoms with Crippen LogP contribution in [0.25, 0.3) is 0 Å². The Morgan fingerprint density at radius 1 is 1.35 bits per heavy atom. The molecule has 2 N–H and O–H groups in total. The molecule has 20 heavy (non-hydrogen) atoms. The number of nitrogens with one attached hydrogen (secondary N) is 1. The Hall–Kier alpha value is -1.66. The maximum Gasteiger partial charge on any atom is 0.277 e. The maximum absolute atomic E-state index is 12.0. The zero-order valence-corrected chi connectivity index (χ0v) is 12.6. The van der Waals surface area contributed by atoms with Gasteiger partial charge in [-0.15, -0.1) is 0 Å². The van der Waals surface area contributed by atoms with Crippen molar-refractivity contribution in [2.24, 2.45) is 0 Å². The summed E-state index contributed by atoms with van der Waals surface area (Å²) in [6, 6.07) is 5.70. The van der Waals surface area contributed by atoms with Crippen LogP contribution in [-0.4, -0.2) is 35.0 Å². The predicted octanol–water partition coefficient (Wildman–Crippen LogP) is 1.67. The van der Waals surface area contributed by atoms with E-state index in [1.54, 1.807) is 0 Å². The van der Waals surface area contributed by atoms with Crippen LogP contribution >= 0.6 is 15.9 Å². The quantitative estimate of drug-likeness (QED) is 0.801. The van der Waals surface area contributed by atoms with Crippen molar-refractivity contribution in [1.29, 1.82) is 0 Å². The average molecular weight is 339 g/mol. The van der Waals surface area contributed by atoms with Crippen LogP contribution in [-0.2, 0) is 16.0 Å². The lowest BCUT2D eigenvalue weighted by Crippen LogP contribution is -2.34. The van der Waals surface area contributed by atoms with Crippen LogP contribution in [0.15, 0.2) is 34.4 Å². The van der Waals surface area contributed by atoms with E-state index < -0.39 is 11.8 Å². The fourth-order valence-corrected chi connectivity index (χ4v) is 2.44. The highest BCUT2D eigenvalue weighted by Gasteiger charge is 2.30. The van der Waals surface area contributed by atoms with Crippen LogP contribution in [0.5, 0.6) is 0 Å². The minimum absolute atomic E-state index is 0.0142. The zero-order chi connectivity index (χ0) is 14.7. The third-order valence-electron chi connectivity index (χ3n) is 3.05. The molecule has 0 saturated heterocycles. The third kappa shape index (κ3) is 2.91. The third-order valence-corrected chi connectivity index (χ3v) is 3.54. The first kappa shape index (κ1) is 14.7. The minimum atomic E-state index is -0.408. The monoisotopic (exact) mass is 338 g/mol. The Balaban J connectivity index is 2.21. The molecule has 0 atom stereocenters. The number of β-amino-alcohol motifs (C(OH)–C–C–N with tert-alkyl or cyclic N) is 1. The summed E-state index contributed by atoms with van der Waals surface area (Å²) in [6.07, 6.45) is 2.07. The summed E-state index contributed by atoms with van der Waals surface area (Å²) >= 11 is 3.40. The highest BCUT2D eigenvalue weighted by atomic mass is 79.9. The van der Waals surface area contributed by atoms with Crippen LogP contribution in [0.3, 0.4) is 0 Å². The normalized spacial score (nSPS) is 14.8. The Labute approximate surface area is 125 Å². The van der Waals surface area contributed by atoms with E-state index >= 15 is 0 Å². The molecule has 1 aliphatic rings. The smallest absolute Gasteiger partial charge is 0.277 e. The molecule has 0 fully saturated rings. The van der Waals surface area contributed by atoms with Gasteiger partial charge in [0.15, 0.2) is 0 Å². The fraction of sp³-hybridized carbons (Fsp3) is 0.286. The zero-order valence-electron chi connectivity index (χ0n) is 11.0. The molecule has 0 aliphatic carbocycles. The van der Waals surface area contributed by atoms with Gasteiger partial charge in [-0.3, -0.25) is 14.5 Å². The molecule has 1 aliphatic heterocycles. The number of halogens is 1. The number of aryl methyl sites for hydroxylation is 1. The van der Waals surface area contributed by atoms with Gasteiger partial charge in [0, 0.05) is 16.2 Å². The van der Waals surface area contributed by atoms with Crippen molar-refractivity contribution >= 4 is 33.4 Å². The van der Waals surface area contributed by atoms with E-state index in [2.05, 4.69) is 21.2 Å². The SMILES string of the molecule is CCc1cc(Br)ccc1NC1=CC(=O)N(CCO)C1=O. The van der Waals surface area contributed by atoms with Gasteiger partial charge in [0.05, 0.1) is 13.2 Å². The molecule has 0 aromatic heterocycles. The molecule has 0 spiro atoms. The van der Waals surface area contributed by atoms with E-state index in [4.69, 9.17) is 5.11 Å². The Morgan fingerprint density at radius 3 is 2.75 bits per heavy atom. The molecule has 1 aromatic carbocycles. The maximum atomic E-state index is 12.0. The first-order chi connectivity index (χ1) is 9.56. The van der Waals surface area contributed by atoms with Crippen LogP contribution in [0.4, 0.5) is 5.69 Å². The topological polar surface area (TPSA) is 69.6 Å². The molecule has 0 bridgehead atoms. The number of imide groups is 1. The Morgan fingerprint density at radius 2 is 2.10 bits per heavy atom. The number of aliphatic hydroxyl groups excluding tert-OH is 1. The van der Waals surface area contributed by atoms with Crippen molar-refractivity contribution in [1.82, 2.24) is 4.90 Å². The molecular weight excluding hydrogens is 324 g/mol. The van der Waals surface area contributed by atoms with Crippen LogP contribution in [0.2, 0.25) is 0 Å². The van der Waals surface area contributed by atoms with Crippen LogP contribution in [0.1, 0.15) is 12.5 Å². The van der Waals surface area contributed by atoms with Gasteiger partial charge in [0.2, 0.25) is 0 Å². The summed E-state index contributed by atoms with van der Waals surface area (Å²) in [5.41, 5.74) is 2.08. The number of amides is 2. The standard InChI is InChI=1S/C14H15BrN2O3/c1-2-9-7-10(15)3-4-11(9)16-12-8-13(19)17(5-6-18)14(12)20/h3-4,7-8,16,18H,2,5-6H2,1H3. The van der Waals surface area contributed by atoms with Gasteiger partial charge in [0.25, 0.3) is 11.8 Å². The van der Waals surface area contributed by atoms with Gasteiger partial charge in [-0.1, -0.05) is 22.9 Å². The summed E-state index contributed by atoms with van der Waals surface area (Å²) < 4.78 is 0.963. The largest absolute Gasteiger partial charge is 0.395 e. The lowest BCUT2D eigenvalue weighted by atomic mass is 10.1. The molecule has 0 radical (unpaired) electrons. The fourth-order valence-electron chi connectivity index (χ4n) is 2.03. The van der Waals surface area contributed by atoms with Gasteiger partial charge in [-0.25, -0.2) is 0 Å². The van der Waals surface area contributed by atoms with E-state index in [0.717, 1.165) is 27.0 Å². The molecule has 0 unspecified atom stereocenters. The minimum Gasteiger partial charge on any atom is -0.395 e. The van der Waals surface area contributed by atoms with E-state index in [1.165, 1.54) is 6.08 Å². The highest BCUT2D eigenvalue weighted by Crippen LogP contribution is 2.24. The number of anilines is 1. The second kappa shape index (κ2) is 6.19. The summed E-state index contributed by atoms with van der Waals surface area (Å²) in [5.74, 6) is -0.810. The van der Waals surface area contributed by atoms with Crippen LogP contribution in [0, 0.1) is 0 Å². The number of aliphatic hydroxyl groups is 1. The molecule has 1 heterocycles. The second-order valence-electron chi connectivity index (χ2n) is 4.36. The number of benzene rings is 1. The molecule has 5 nitrogen and oxygen atoms in total. The molecular formula is C14H15BrN2O3. The lowest BCUT2D eigenvalue weighted by Gasteiger charge is -2.15. The lowest BCUT2D eigenvalue weighted by molar-refractivity contribution is -0.137. The Bertz CT molecular complexity index is 584. The van der Waals surface area contributed by atoms with Crippen molar-refractivity contribution in [2.75, 3.05) is 18.5 Å². The van der Waals surface area contributed by atoms with Gasteiger partial charge >= 0.3 is 0 Å². The first-order valence-corrected chi connectivity index (χ1v) is 7.10. The van der Waals surface area contributed by atoms with Gasteiger partial charge in [-0.2, -0.15) is 0 Å². The van der Waals surface area contributed by atoms with Gasteiger partial charge < -0.3 is 10.4 Å². The van der Waals surface area contributed by atoms with E-state index in [0.29, 0.717) is 0 Å². The van der Waals surface area contributed by atoms with Crippen molar-refractivity contribution in [3.8, 4) is 0 Å². The predicted molar refractivity (Wildman–Crippen MR) is 79.0 cm³/mol. The Kier molecular flexibility index (Phi) is 4.57. The van der Waals surface area contributed by atoms with Gasteiger partial charge in [-0.05, 0) is 30.2 Å². The molecule has 106 valence electrons. The summed E-state index contributed by atoms with van der Waals surface area (Å²) in [4.78, 5) is 24.7. The number of carbonyl (C=O) groups is 2. The number of rotatable bonds is 5. The molecule has 6 heteroatoms. The van der Waals surface area contributed by atoms with Gasteiger partial charge in [0.1, 0.15) is 5.70 Å². The van der Waals surface area contributed by atoms with Crippen molar-refractivity contribution in [3.63, 3.8) is 0 Å². The number of nitrogens with zero attached hydrogens (tertiary/aromatic N) is 1. The molecule has 2 amide bonds. The number of carbonyl (C=O) groups excluding carboxylic acids is 2.